The van der Waals surface area contributed by atoms with Gasteiger partial charge >= 0.3 is 12.0 Å². The van der Waals surface area contributed by atoms with Crippen molar-refractivity contribution in [1.82, 2.24) is 10.6 Å². The minimum absolute atomic E-state index is 0.0590. The number of amides is 2. The molecule has 0 bridgehead atoms. The minimum atomic E-state index is -1.01. The van der Waals surface area contributed by atoms with Crippen LogP contribution in [-0.4, -0.2) is 42.9 Å². The summed E-state index contributed by atoms with van der Waals surface area (Å²) in [5, 5.41) is 14.2. The summed E-state index contributed by atoms with van der Waals surface area (Å²) in [7, 11) is 1.59. The van der Waals surface area contributed by atoms with Crippen LogP contribution in [0.25, 0.3) is 0 Å². The minimum Gasteiger partial charge on any atom is -0.480 e. The Morgan fingerprint density at radius 3 is 2.33 bits per heavy atom. The number of hydrogen-bond acceptors (Lipinski definition) is 3. The maximum absolute atomic E-state index is 11.6. The molecule has 106 valence electrons. The highest BCUT2D eigenvalue weighted by Crippen LogP contribution is 2.07. The summed E-state index contributed by atoms with van der Waals surface area (Å²) < 4.78 is 4.90. The van der Waals surface area contributed by atoms with E-state index in [-0.39, 0.29) is 12.0 Å². The first kappa shape index (κ1) is 16.7. The topological polar surface area (TPSA) is 87.7 Å². The fourth-order valence-corrected chi connectivity index (χ4v) is 1.46. The summed E-state index contributed by atoms with van der Waals surface area (Å²) in [4.78, 5) is 22.7. The van der Waals surface area contributed by atoms with Crippen molar-refractivity contribution >= 4 is 12.0 Å². The Balaban J connectivity index is 4.21. The van der Waals surface area contributed by atoms with E-state index in [1.807, 2.05) is 13.8 Å². The second-order valence-electron chi connectivity index (χ2n) is 4.50. The Hall–Kier alpha value is -1.30. The zero-order valence-corrected chi connectivity index (χ0v) is 11.5. The zero-order chi connectivity index (χ0) is 14.1. The summed E-state index contributed by atoms with van der Waals surface area (Å²) in [5.41, 5.74) is 0. The summed E-state index contributed by atoms with van der Waals surface area (Å²) in [5.74, 6) is -1.12. The smallest absolute Gasteiger partial charge is 0.326 e. The third kappa shape index (κ3) is 6.44. The summed E-state index contributed by atoms with van der Waals surface area (Å²) in [6.07, 6.45) is 1.38. The number of methoxy groups -OCH3 is 1. The maximum atomic E-state index is 11.6. The molecule has 0 saturated carbocycles. The molecular weight excluding hydrogens is 236 g/mol. The lowest BCUT2D eigenvalue weighted by atomic mass is 9.99. The number of carbonyl (C=O) groups excluding carboxylic acids is 1. The summed E-state index contributed by atoms with van der Waals surface area (Å²) in [6.45, 7) is 6.08. The number of carbonyl (C=O) groups is 2. The number of hydrogen-bond donors (Lipinski definition) is 3. The molecule has 3 N–H and O–H groups in total. The van der Waals surface area contributed by atoms with E-state index in [0.717, 1.165) is 0 Å². The predicted octanol–water partition coefficient (Wildman–Crippen LogP) is 1.21. The average molecular weight is 260 g/mol. The molecule has 0 aliphatic heterocycles. The average Bonchev–Trinajstić information content (AvgIpc) is 2.32. The first-order valence-corrected chi connectivity index (χ1v) is 6.21. The lowest BCUT2D eigenvalue weighted by Crippen LogP contribution is -2.51. The number of aliphatic carboxylic acids is 1. The molecule has 6 heteroatoms. The fraction of sp³-hybridized carbons (Fsp3) is 0.833. The molecule has 6 nitrogen and oxygen atoms in total. The number of carboxylic acids is 1. The van der Waals surface area contributed by atoms with Crippen LogP contribution in [0.3, 0.4) is 0 Å². The molecule has 0 heterocycles. The molecule has 0 saturated heterocycles. The van der Waals surface area contributed by atoms with E-state index in [4.69, 9.17) is 9.84 Å². The van der Waals surface area contributed by atoms with Gasteiger partial charge in [0.25, 0.3) is 0 Å². The lowest BCUT2D eigenvalue weighted by molar-refractivity contribution is -0.140. The SMILES string of the molecule is CCC(C)C(NC(=O)NC(C)CCOC)C(=O)O. The van der Waals surface area contributed by atoms with Gasteiger partial charge in [0.05, 0.1) is 0 Å². The highest BCUT2D eigenvalue weighted by molar-refractivity contribution is 5.82. The van der Waals surface area contributed by atoms with Crippen molar-refractivity contribution in [3.63, 3.8) is 0 Å². The van der Waals surface area contributed by atoms with E-state index in [9.17, 15) is 9.59 Å². The van der Waals surface area contributed by atoms with E-state index < -0.39 is 18.0 Å². The van der Waals surface area contributed by atoms with Crippen LogP contribution in [0.15, 0.2) is 0 Å². The molecule has 0 aliphatic carbocycles. The van der Waals surface area contributed by atoms with Crippen LogP contribution >= 0.6 is 0 Å². The molecule has 0 fully saturated rings. The zero-order valence-electron chi connectivity index (χ0n) is 11.5. The molecular formula is C12H24N2O4. The van der Waals surface area contributed by atoms with Gasteiger partial charge in [0.15, 0.2) is 0 Å². The fourth-order valence-electron chi connectivity index (χ4n) is 1.46. The van der Waals surface area contributed by atoms with Crippen molar-refractivity contribution in [3.05, 3.63) is 0 Å². The maximum Gasteiger partial charge on any atom is 0.326 e. The Kier molecular flexibility index (Phi) is 8.11. The van der Waals surface area contributed by atoms with Gasteiger partial charge in [0, 0.05) is 19.8 Å². The van der Waals surface area contributed by atoms with E-state index in [2.05, 4.69) is 10.6 Å². The number of rotatable bonds is 8. The van der Waals surface area contributed by atoms with Crippen LogP contribution in [-0.2, 0) is 9.53 Å². The molecule has 3 atom stereocenters. The molecule has 3 unspecified atom stereocenters. The highest BCUT2D eigenvalue weighted by atomic mass is 16.5. The standard InChI is InChI=1S/C12H24N2O4/c1-5-8(2)10(11(15)16)14-12(17)13-9(3)6-7-18-4/h8-10H,5-7H2,1-4H3,(H,15,16)(H2,13,14,17). The van der Waals surface area contributed by atoms with Crippen LogP contribution < -0.4 is 10.6 Å². The van der Waals surface area contributed by atoms with Gasteiger partial charge in [-0.3, -0.25) is 0 Å². The van der Waals surface area contributed by atoms with Crippen molar-refractivity contribution in [2.75, 3.05) is 13.7 Å². The largest absolute Gasteiger partial charge is 0.480 e. The molecule has 18 heavy (non-hydrogen) atoms. The van der Waals surface area contributed by atoms with Crippen LogP contribution in [0.2, 0.25) is 0 Å². The monoisotopic (exact) mass is 260 g/mol. The molecule has 2 amide bonds. The van der Waals surface area contributed by atoms with Gasteiger partial charge in [0.1, 0.15) is 6.04 Å². The predicted molar refractivity (Wildman–Crippen MR) is 68.5 cm³/mol. The van der Waals surface area contributed by atoms with E-state index in [1.165, 1.54) is 0 Å². The normalized spacial score (nSPS) is 15.6. The number of ether oxygens (including phenoxy) is 1. The quantitative estimate of drug-likeness (QED) is 0.612. The summed E-state index contributed by atoms with van der Waals surface area (Å²) >= 11 is 0. The second-order valence-corrected chi connectivity index (χ2v) is 4.50. The summed E-state index contributed by atoms with van der Waals surface area (Å²) in [6, 6.07) is -1.37. The first-order chi connectivity index (χ1) is 8.42. The van der Waals surface area contributed by atoms with Gasteiger partial charge in [-0.2, -0.15) is 0 Å². The van der Waals surface area contributed by atoms with Crippen molar-refractivity contribution in [1.29, 1.82) is 0 Å². The van der Waals surface area contributed by atoms with Crippen molar-refractivity contribution in [2.24, 2.45) is 5.92 Å². The molecule has 0 aromatic carbocycles. The van der Waals surface area contributed by atoms with Crippen LogP contribution in [0.4, 0.5) is 4.79 Å². The third-order valence-corrected chi connectivity index (χ3v) is 2.90. The van der Waals surface area contributed by atoms with Gasteiger partial charge in [-0.05, 0) is 19.3 Å². The lowest BCUT2D eigenvalue weighted by Gasteiger charge is -2.22. The van der Waals surface area contributed by atoms with Gasteiger partial charge in [0.2, 0.25) is 0 Å². The van der Waals surface area contributed by atoms with Crippen molar-refractivity contribution < 1.29 is 19.4 Å². The van der Waals surface area contributed by atoms with Crippen LogP contribution in [0.5, 0.6) is 0 Å². The number of carboxylic acid groups (broad SMARTS) is 1. The number of nitrogens with one attached hydrogen (secondary N) is 2. The molecule has 0 spiro atoms. The molecule has 0 aliphatic rings. The molecule has 0 radical (unpaired) electrons. The Morgan fingerprint density at radius 2 is 1.89 bits per heavy atom. The van der Waals surface area contributed by atoms with Crippen LogP contribution in [0.1, 0.15) is 33.6 Å². The van der Waals surface area contributed by atoms with Gasteiger partial charge in [-0.1, -0.05) is 20.3 Å². The van der Waals surface area contributed by atoms with E-state index in [0.29, 0.717) is 19.4 Å². The Morgan fingerprint density at radius 1 is 1.28 bits per heavy atom. The Labute approximate surface area is 108 Å². The highest BCUT2D eigenvalue weighted by Gasteiger charge is 2.25. The number of urea groups is 1. The molecule has 0 aromatic heterocycles. The van der Waals surface area contributed by atoms with Gasteiger partial charge < -0.3 is 20.5 Å². The third-order valence-electron chi connectivity index (χ3n) is 2.90. The van der Waals surface area contributed by atoms with E-state index in [1.54, 1.807) is 14.0 Å². The first-order valence-electron chi connectivity index (χ1n) is 6.21. The van der Waals surface area contributed by atoms with E-state index >= 15 is 0 Å². The van der Waals surface area contributed by atoms with Gasteiger partial charge in [-0.25, -0.2) is 9.59 Å². The van der Waals surface area contributed by atoms with Gasteiger partial charge in [-0.15, -0.1) is 0 Å². The van der Waals surface area contributed by atoms with Crippen molar-refractivity contribution in [2.45, 2.75) is 45.7 Å². The second kappa shape index (κ2) is 8.74. The Bertz CT molecular complexity index is 271. The van der Waals surface area contributed by atoms with Crippen molar-refractivity contribution in [3.8, 4) is 0 Å². The van der Waals surface area contributed by atoms with Crippen LogP contribution in [0, 0.1) is 5.92 Å². The molecule has 0 rings (SSSR count). The molecule has 0 aromatic rings.